The van der Waals surface area contributed by atoms with Gasteiger partial charge in [-0.1, -0.05) is 87.4 Å². The van der Waals surface area contributed by atoms with Crippen molar-refractivity contribution in [2.45, 2.75) is 52.4 Å². The highest BCUT2D eigenvalue weighted by molar-refractivity contribution is 6.25. The summed E-state index contributed by atoms with van der Waals surface area (Å²) >= 11 is 0. The molecule has 0 fully saturated rings. The number of pyridine rings is 2. The van der Waals surface area contributed by atoms with Gasteiger partial charge in [0.05, 0.1) is 11.0 Å². The molecule has 8 rings (SSSR count). The molecule has 0 spiro atoms. The summed E-state index contributed by atoms with van der Waals surface area (Å²) in [5, 5.41) is 4.74. The lowest BCUT2D eigenvalue weighted by Gasteiger charge is -2.15. The highest BCUT2D eigenvalue weighted by Gasteiger charge is 2.21. The quantitative estimate of drug-likeness (QED) is 0.140. The minimum absolute atomic E-state index is 0.954. The Labute approximate surface area is 288 Å². The van der Waals surface area contributed by atoms with E-state index in [2.05, 4.69) is 138 Å². The molecule has 0 unspecified atom stereocenters. The largest absolute Gasteiger partial charge is 0.292 e. The minimum Gasteiger partial charge on any atom is -0.292 e. The summed E-state index contributed by atoms with van der Waals surface area (Å²) in [6.07, 6.45) is 14.4. The van der Waals surface area contributed by atoms with Gasteiger partial charge in [0.15, 0.2) is 0 Å². The van der Waals surface area contributed by atoms with E-state index in [0.29, 0.717) is 0 Å². The van der Waals surface area contributed by atoms with Crippen LogP contribution in [0.15, 0.2) is 134 Å². The average molecular weight is 637 g/mol. The molecular formula is C45H40N4. The molecular weight excluding hydrogens is 597 g/mol. The van der Waals surface area contributed by atoms with Crippen LogP contribution in [0.25, 0.3) is 71.9 Å². The number of hydrogen-bond acceptors (Lipinski definition) is 3. The van der Waals surface area contributed by atoms with Crippen LogP contribution in [0.4, 0.5) is 0 Å². The fourth-order valence-electron chi connectivity index (χ4n) is 7.09. The molecule has 0 saturated carbocycles. The summed E-state index contributed by atoms with van der Waals surface area (Å²) < 4.78 is 2.40. The lowest BCUT2D eigenvalue weighted by molar-refractivity contribution is 0.795. The normalized spacial score (nSPS) is 11.6. The van der Waals surface area contributed by atoms with E-state index in [1.165, 1.54) is 53.0 Å². The summed E-state index contributed by atoms with van der Waals surface area (Å²) in [5.74, 6) is 0.954. The topological polar surface area (TPSA) is 43.6 Å². The Bertz CT molecular complexity index is 2370. The highest BCUT2D eigenvalue weighted by atomic mass is 15.1. The zero-order valence-corrected chi connectivity index (χ0v) is 28.2. The van der Waals surface area contributed by atoms with Gasteiger partial charge in [0, 0.05) is 46.8 Å². The molecule has 4 heteroatoms. The zero-order chi connectivity index (χ0) is 33.2. The molecule has 0 aliphatic carbocycles. The predicted octanol–water partition coefficient (Wildman–Crippen LogP) is 11.8. The third-order valence-electron chi connectivity index (χ3n) is 9.79. The van der Waals surface area contributed by atoms with Crippen LogP contribution in [-0.4, -0.2) is 19.5 Å². The second-order valence-electron chi connectivity index (χ2n) is 13.0. The van der Waals surface area contributed by atoms with Crippen LogP contribution in [0.3, 0.4) is 0 Å². The second kappa shape index (κ2) is 13.5. The van der Waals surface area contributed by atoms with Crippen LogP contribution in [0.5, 0.6) is 0 Å². The molecule has 0 aliphatic heterocycles. The van der Waals surface area contributed by atoms with Gasteiger partial charge in [0.25, 0.3) is 0 Å². The van der Waals surface area contributed by atoms with E-state index in [-0.39, 0.29) is 0 Å². The maximum absolute atomic E-state index is 5.58. The summed E-state index contributed by atoms with van der Waals surface area (Å²) in [6.45, 7) is 4.50. The number of unbranched alkanes of at least 4 members (excludes halogenated alkanes) is 2. The van der Waals surface area contributed by atoms with E-state index < -0.39 is 0 Å². The fourth-order valence-corrected chi connectivity index (χ4v) is 7.09. The lowest BCUT2D eigenvalue weighted by atomic mass is 9.94. The maximum atomic E-state index is 5.58. The Hall–Kier alpha value is -5.61. The van der Waals surface area contributed by atoms with Gasteiger partial charge in [0.2, 0.25) is 0 Å². The Morgan fingerprint density at radius 1 is 0.469 bits per heavy atom. The van der Waals surface area contributed by atoms with Crippen molar-refractivity contribution in [1.82, 2.24) is 19.5 Å². The number of hydrogen-bond donors (Lipinski definition) is 0. The van der Waals surface area contributed by atoms with E-state index in [0.717, 1.165) is 68.6 Å². The molecule has 4 nitrogen and oxygen atoms in total. The number of aryl methyl sites for hydroxylation is 2. The van der Waals surface area contributed by atoms with Gasteiger partial charge in [-0.15, -0.1) is 0 Å². The predicted molar refractivity (Wildman–Crippen MR) is 205 cm³/mol. The Kier molecular flexibility index (Phi) is 8.45. The van der Waals surface area contributed by atoms with Gasteiger partial charge in [-0.2, -0.15) is 0 Å². The van der Waals surface area contributed by atoms with Crippen molar-refractivity contribution in [2.24, 2.45) is 0 Å². The van der Waals surface area contributed by atoms with Crippen LogP contribution in [0.1, 0.15) is 50.7 Å². The molecule has 0 saturated heterocycles. The molecule has 3 heterocycles. The van der Waals surface area contributed by atoms with E-state index in [1.807, 2.05) is 24.8 Å². The molecule has 3 aromatic heterocycles. The number of aromatic nitrogens is 4. The summed E-state index contributed by atoms with van der Waals surface area (Å²) in [5.41, 5.74) is 11.7. The first-order valence-corrected chi connectivity index (χ1v) is 17.6. The molecule has 0 bridgehead atoms. The Balaban J connectivity index is 1.46. The number of imidazole rings is 1. The van der Waals surface area contributed by atoms with Gasteiger partial charge in [-0.3, -0.25) is 14.5 Å². The molecule has 49 heavy (non-hydrogen) atoms. The highest BCUT2D eigenvalue weighted by Crippen LogP contribution is 2.42. The number of fused-ring (bicyclic) bond motifs is 6. The van der Waals surface area contributed by atoms with Crippen molar-refractivity contribution in [2.75, 3.05) is 0 Å². The van der Waals surface area contributed by atoms with Crippen molar-refractivity contribution in [3.05, 3.63) is 145 Å². The standard InChI is InChI=1S/C45H40N4/c1-3-5-7-31-9-13-35(14-10-31)45-48-43-41-29-36(33-21-25-46-26-22-33)15-19-39(41)40-20-16-37(34-23-27-47-28-24-34)30-42(40)44(43)49(45)38-17-11-32(12-18-38)8-6-4-2/h9-30H,3-8H2,1-2H3. The Morgan fingerprint density at radius 3 is 1.51 bits per heavy atom. The monoisotopic (exact) mass is 636 g/mol. The van der Waals surface area contributed by atoms with Crippen LogP contribution < -0.4 is 0 Å². The number of rotatable bonds is 10. The van der Waals surface area contributed by atoms with Gasteiger partial charge in [0.1, 0.15) is 5.82 Å². The van der Waals surface area contributed by atoms with Gasteiger partial charge >= 0.3 is 0 Å². The molecule has 0 amide bonds. The lowest BCUT2D eigenvalue weighted by Crippen LogP contribution is -1.99. The van der Waals surface area contributed by atoms with Gasteiger partial charge in [-0.25, -0.2) is 4.98 Å². The average Bonchev–Trinajstić information content (AvgIpc) is 3.58. The molecule has 240 valence electrons. The van der Waals surface area contributed by atoms with Crippen LogP contribution in [0, 0.1) is 0 Å². The van der Waals surface area contributed by atoms with Gasteiger partial charge in [-0.05, 0) is 118 Å². The van der Waals surface area contributed by atoms with Crippen LogP contribution in [-0.2, 0) is 12.8 Å². The SMILES string of the molecule is CCCCc1ccc(-c2nc3c4cc(-c5ccncc5)ccc4c4ccc(-c5ccncc5)cc4c3n2-c2ccc(CCCC)cc2)cc1. The molecule has 0 N–H and O–H groups in total. The minimum atomic E-state index is 0.954. The third kappa shape index (κ3) is 5.89. The molecule has 0 aliphatic rings. The summed E-state index contributed by atoms with van der Waals surface area (Å²) in [7, 11) is 0. The van der Waals surface area contributed by atoms with Crippen LogP contribution in [0.2, 0.25) is 0 Å². The Morgan fingerprint density at radius 2 is 0.959 bits per heavy atom. The third-order valence-corrected chi connectivity index (χ3v) is 9.79. The van der Waals surface area contributed by atoms with Crippen molar-refractivity contribution < 1.29 is 0 Å². The van der Waals surface area contributed by atoms with Crippen molar-refractivity contribution in [3.8, 4) is 39.3 Å². The number of benzene rings is 5. The molecule has 0 atom stereocenters. The summed E-state index contributed by atoms with van der Waals surface area (Å²) in [4.78, 5) is 14.1. The molecule has 5 aromatic carbocycles. The first kappa shape index (κ1) is 30.7. The van der Waals surface area contributed by atoms with E-state index in [4.69, 9.17) is 4.98 Å². The van der Waals surface area contributed by atoms with Gasteiger partial charge < -0.3 is 0 Å². The van der Waals surface area contributed by atoms with Crippen LogP contribution >= 0.6 is 0 Å². The van der Waals surface area contributed by atoms with E-state index in [9.17, 15) is 0 Å². The first-order valence-electron chi connectivity index (χ1n) is 17.6. The van der Waals surface area contributed by atoms with Crippen molar-refractivity contribution in [3.63, 3.8) is 0 Å². The first-order chi connectivity index (χ1) is 24.2. The number of nitrogens with zero attached hydrogens (tertiary/aromatic N) is 4. The second-order valence-corrected chi connectivity index (χ2v) is 13.0. The smallest absolute Gasteiger partial charge is 0.145 e. The van der Waals surface area contributed by atoms with E-state index >= 15 is 0 Å². The zero-order valence-electron chi connectivity index (χ0n) is 28.2. The molecule has 8 aromatic rings. The maximum Gasteiger partial charge on any atom is 0.145 e. The van der Waals surface area contributed by atoms with E-state index in [1.54, 1.807) is 0 Å². The van der Waals surface area contributed by atoms with Crippen molar-refractivity contribution in [1.29, 1.82) is 0 Å². The summed E-state index contributed by atoms with van der Waals surface area (Å²) in [6, 6.07) is 40.2. The fraction of sp³-hybridized carbons (Fsp3) is 0.178. The van der Waals surface area contributed by atoms with Crippen molar-refractivity contribution >= 4 is 32.6 Å². The molecule has 0 radical (unpaired) electrons.